The van der Waals surface area contributed by atoms with Crippen molar-refractivity contribution < 1.29 is 15.2 Å². The topological polar surface area (TPSA) is 127 Å². The zero-order valence-corrected chi connectivity index (χ0v) is 21.8. The van der Waals surface area contributed by atoms with Gasteiger partial charge in [-0.2, -0.15) is 5.26 Å². The van der Waals surface area contributed by atoms with Gasteiger partial charge in [0, 0.05) is 38.5 Å². The van der Waals surface area contributed by atoms with Crippen molar-refractivity contribution in [3.05, 3.63) is 50.8 Å². The van der Waals surface area contributed by atoms with E-state index >= 15 is 0 Å². The molecule has 3 heterocycles. The van der Waals surface area contributed by atoms with Crippen LogP contribution < -0.4 is 11.2 Å². The molecule has 0 aromatic carbocycles. The number of ether oxygens (including phenoxy) is 1. The number of aryl methyl sites for hydroxylation is 1. The molecular weight excluding hydrogens is 471 g/mol. The number of H-pyrrole nitrogens is 1. The second-order valence-electron chi connectivity index (χ2n) is 8.98. The van der Waals surface area contributed by atoms with E-state index < -0.39 is 38.2 Å². The van der Waals surface area contributed by atoms with E-state index in [2.05, 4.69) is 20.7 Å². The minimum atomic E-state index is -1.53. The molecule has 35 heavy (non-hydrogen) atoms. The van der Waals surface area contributed by atoms with E-state index in [-0.39, 0.29) is 38.6 Å². The fourth-order valence-electron chi connectivity index (χ4n) is 4.00. The Kier molecular flexibility index (Phi) is 8.87. The van der Waals surface area contributed by atoms with Gasteiger partial charge in [0.05, 0.1) is 43.4 Å². The Balaban J connectivity index is 1.84. The molecule has 1 aliphatic rings. The molecule has 3 rings (SSSR count). The third-order valence-electron chi connectivity index (χ3n) is 5.68. The summed E-state index contributed by atoms with van der Waals surface area (Å²) in [6, 6.07) is 2.33. The molecule has 1 saturated heterocycles. The Morgan fingerprint density at radius 1 is 1.40 bits per heavy atom. The Labute approximate surface area is 208 Å². The largest absolute Gasteiger partial charge is 0.352 e. The van der Waals surface area contributed by atoms with E-state index in [1.54, 1.807) is 12.4 Å². The minimum Gasteiger partial charge on any atom is -0.352 e. The molecule has 4 atom stereocenters. The lowest BCUT2D eigenvalue weighted by Gasteiger charge is -2.37. The van der Waals surface area contributed by atoms with Gasteiger partial charge in [0.2, 0.25) is 0 Å². The van der Waals surface area contributed by atoms with Gasteiger partial charge in [0.25, 0.3) is 14.1 Å². The molecule has 12 heteroatoms. The maximum absolute atomic E-state index is 12.7. The van der Waals surface area contributed by atoms with Gasteiger partial charge in [-0.15, -0.1) is 0 Å². The van der Waals surface area contributed by atoms with Gasteiger partial charge in [-0.05, 0) is 41.5 Å². The molecule has 0 aliphatic carbocycles. The average molecular weight is 508 g/mol. The number of hydrogen-bond donors (Lipinski definition) is 1. The van der Waals surface area contributed by atoms with E-state index in [0.717, 1.165) is 5.82 Å². The second-order valence-corrected chi connectivity index (χ2v) is 10.4. The van der Waals surface area contributed by atoms with Crippen LogP contribution in [-0.4, -0.2) is 54.7 Å². The highest BCUT2D eigenvalue weighted by atomic mass is 31.2. The zero-order chi connectivity index (χ0) is 26.4. The van der Waals surface area contributed by atoms with Crippen molar-refractivity contribution in [2.24, 2.45) is 0 Å². The summed E-state index contributed by atoms with van der Waals surface area (Å²) in [5.74, 6) is 0.747. The van der Waals surface area contributed by atoms with Gasteiger partial charge < -0.3 is 18.4 Å². The second kappa shape index (κ2) is 12.1. The van der Waals surface area contributed by atoms with Gasteiger partial charge in [-0.3, -0.25) is 14.3 Å². The van der Waals surface area contributed by atoms with Crippen LogP contribution in [0.2, 0.25) is 0 Å². The summed E-state index contributed by atoms with van der Waals surface area (Å²) in [6.07, 6.45) is 3.68. The molecule has 1 unspecified atom stereocenters. The number of imidazole rings is 1. The van der Waals surface area contributed by atoms with Crippen molar-refractivity contribution in [1.82, 2.24) is 23.8 Å². The van der Waals surface area contributed by atoms with Crippen molar-refractivity contribution >= 4 is 8.53 Å². The van der Waals surface area contributed by atoms with Gasteiger partial charge in [0.1, 0.15) is 12.1 Å². The summed E-state index contributed by atoms with van der Waals surface area (Å²) in [7, 11) is -1.53. The quantitative estimate of drug-likeness (QED) is 0.363. The first-order valence-corrected chi connectivity index (χ1v) is 12.8. The Morgan fingerprint density at radius 2 is 2.14 bits per heavy atom. The number of aromatic nitrogens is 4. The van der Waals surface area contributed by atoms with Gasteiger partial charge in [-0.25, -0.2) is 14.4 Å². The fraction of sp³-hybridized carbons (Fsp3) is 0.652. The van der Waals surface area contributed by atoms with Crippen LogP contribution in [0.5, 0.6) is 0 Å². The first-order chi connectivity index (χ1) is 17.2. The lowest BCUT2D eigenvalue weighted by atomic mass is 10.2. The molecule has 0 saturated carbocycles. The first kappa shape index (κ1) is 25.7. The van der Waals surface area contributed by atoms with Crippen LogP contribution in [0.25, 0.3) is 0 Å². The minimum absolute atomic E-state index is 0.0644. The van der Waals surface area contributed by atoms with Crippen LogP contribution in [0.1, 0.15) is 66.4 Å². The van der Waals surface area contributed by atoms with E-state index in [0.29, 0.717) is 12.0 Å². The standard InChI is InChI=1S/C23H35N6O5P/c1-15(2)29(16(3)4)35(32-11-7-8-24)34-20-12-21(33-17(20)5)28-14-19(22(30)26-23(28)31)13-27-10-9-25-18(27)6/h9-10,14-17,20-21H,7,11-13H2,1-6H3,(H,26,30,31)/t17-,20-,21-,35?/m1/s1/i5D. The molecule has 0 spiro atoms. The molecule has 1 N–H and O–H groups in total. The number of aromatic amines is 1. The van der Waals surface area contributed by atoms with Crippen molar-refractivity contribution in [3.63, 3.8) is 0 Å². The van der Waals surface area contributed by atoms with Crippen LogP contribution in [0.3, 0.4) is 0 Å². The monoisotopic (exact) mass is 507 g/mol. The summed E-state index contributed by atoms with van der Waals surface area (Å²) in [5.41, 5.74) is -0.663. The van der Waals surface area contributed by atoms with Crippen LogP contribution in [-0.2, 0) is 20.3 Å². The molecule has 11 nitrogen and oxygen atoms in total. The van der Waals surface area contributed by atoms with Crippen molar-refractivity contribution in [3.8, 4) is 6.07 Å². The van der Waals surface area contributed by atoms with E-state index in [9.17, 15) is 9.59 Å². The van der Waals surface area contributed by atoms with Gasteiger partial charge in [0.15, 0.2) is 0 Å². The molecular formula is C23H35N6O5P. The lowest BCUT2D eigenvalue weighted by molar-refractivity contribution is -0.00887. The van der Waals surface area contributed by atoms with Crippen LogP contribution in [0, 0.1) is 18.3 Å². The number of nitrogens with zero attached hydrogens (tertiary/aromatic N) is 5. The fourth-order valence-corrected chi connectivity index (χ4v) is 5.76. The van der Waals surface area contributed by atoms with E-state index in [1.807, 2.05) is 39.2 Å². The van der Waals surface area contributed by atoms with Gasteiger partial charge in [-0.1, -0.05) is 0 Å². The maximum Gasteiger partial charge on any atom is 0.330 e. The average Bonchev–Trinajstić information content (AvgIpc) is 3.40. The SMILES string of the molecule is [2H]C[C@H]1O[C@@H](n2cc(Cn3ccnc3C)c(=O)[nH]c2=O)C[C@H]1OP(OCCC#N)N(C(C)C)C(C)C. The van der Waals surface area contributed by atoms with Crippen LogP contribution in [0.4, 0.5) is 0 Å². The van der Waals surface area contributed by atoms with Crippen molar-refractivity contribution in [2.45, 2.75) is 91.4 Å². The number of rotatable bonds is 11. The van der Waals surface area contributed by atoms with Gasteiger partial charge >= 0.3 is 5.69 Å². The number of nitriles is 1. The normalized spacial score (nSPS) is 21.6. The van der Waals surface area contributed by atoms with E-state index in [4.69, 9.17) is 20.4 Å². The maximum atomic E-state index is 12.7. The van der Waals surface area contributed by atoms with Crippen LogP contribution in [0.15, 0.2) is 28.2 Å². The highest BCUT2D eigenvalue weighted by Crippen LogP contribution is 2.49. The predicted octanol–water partition coefficient (Wildman–Crippen LogP) is 3.06. The molecule has 0 amide bonds. The number of nitrogens with one attached hydrogen (secondary N) is 1. The van der Waals surface area contributed by atoms with Crippen molar-refractivity contribution in [2.75, 3.05) is 6.61 Å². The Hall–Kier alpha value is -2.35. The smallest absolute Gasteiger partial charge is 0.330 e. The van der Waals surface area contributed by atoms with E-state index in [1.165, 1.54) is 10.8 Å². The molecule has 1 aliphatic heterocycles. The Bertz CT molecular complexity index is 1150. The number of hydrogen-bond acceptors (Lipinski definition) is 8. The highest BCUT2D eigenvalue weighted by Gasteiger charge is 2.39. The van der Waals surface area contributed by atoms with Crippen molar-refractivity contribution in [1.29, 1.82) is 5.26 Å². The summed E-state index contributed by atoms with van der Waals surface area (Å²) in [6.45, 7) is 10.4. The summed E-state index contributed by atoms with van der Waals surface area (Å²) >= 11 is 0. The summed E-state index contributed by atoms with van der Waals surface area (Å²) in [5, 5.41) is 8.94. The Morgan fingerprint density at radius 3 is 2.74 bits per heavy atom. The lowest BCUT2D eigenvalue weighted by Crippen LogP contribution is -2.35. The highest BCUT2D eigenvalue weighted by molar-refractivity contribution is 7.44. The van der Waals surface area contributed by atoms with Crippen LogP contribution >= 0.6 is 8.53 Å². The zero-order valence-electron chi connectivity index (χ0n) is 21.9. The first-order valence-electron chi connectivity index (χ1n) is 12.4. The molecule has 0 bridgehead atoms. The summed E-state index contributed by atoms with van der Waals surface area (Å²) in [4.78, 5) is 31.7. The molecule has 1 fully saturated rings. The third kappa shape index (κ3) is 6.66. The molecule has 2 aromatic rings. The molecule has 0 radical (unpaired) electrons. The predicted molar refractivity (Wildman–Crippen MR) is 132 cm³/mol. The summed E-state index contributed by atoms with van der Waals surface area (Å²) < 4.78 is 31.8. The third-order valence-corrected chi connectivity index (χ3v) is 7.84. The molecule has 192 valence electrons. The molecule has 2 aromatic heterocycles.